The normalized spacial score (nSPS) is 11.9. The lowest BCUT2D eigenvalue weighted by atomic mass is 9.99. The number of nitrogens with zero attached hydrogens (tertiary/aromatic N) is 6. The molecular formula is C44H50N8O4. The van der Waals surface area contributed by atoms with E-state index in [0.29, 0.717) is 39.0 Å². The number of benzene rings is 2. The van der Waals surface area contributed by atoms with Crippen molar-refractivity contribution in [2.45, 2.75) is 71.6 Å². The number of aryl methyl sites for hydroxylation is 2. The van der Waals surface area contributed by atoms with Crippen molar-refractivity contribution in [3.05, 3.63) is 144 Å². The summed E-state index contributed by atoms with van der Waals surface area (Å²) in [5.74, 6) is -0.337. The Morgan fingerprint density at radius 1 is 0.661 bits per heavy atom. The van der Waals surface area contributed by atoms with Gasteiger partial charge in [0.05, 0.1) is 49.5 Å². The van der Waals surface area contributed by atoms with Crippen LogP contribution in [0.3, 0.4) is 0 Å². The molecule has 6 aromatic rings. The molecule has 0 spiro atoms. The summed E-state index contributed by atoms with van der Waals surface area (Å²) in [6, 6.07) is 30.1. The van der Waals surface area contributed by atoms with Crippen LogP contribution in [0, 0.1) is 0 Å². The molecule has 2 atom stereocenters. The molecule has 0 amide bonds. The van der Waals surface area contributed by atoms with Gasteiger partial charge < -0.3 is 10.5 Å². The largest absolute Gasteiger partial charge is 0.465 e. The van der Waals surface area contributed by atoms with E-state index in [0.717, 1.165) is 45.0 Å². The van der Waals surface area contributed by atoms with Crippen molar-refractivity contribution in [3.8, 4) is 22.5 Å². The molecule has 4 heterocycles. The van der Waals surface area contributed by atoms with Gasteiger partial charge in [-0.2, -0.15) is 10.2 Å². The van der Waals surface area contributed by atoms with Gasteiger partial charge in [0.25, 0.3) is 0 Å². The van der Waals surface area contributed by atoms with Gasteiger partial charge in [0.15, 0.2) is 11.6 Å². The molecule has 2 aromatic carbocycles. The highest BCUT2D eigenvalue weighted by Crippen LogP contribution is 2.21. The number of ether oxygens (including phenoxy) is 1. The first-order valence-electron chi connectivity index (χ1n) is 19.0. The van der Waals surface area contributed by atoms with Crippen LogP contribution >= 0.6 is 0 Å². The molecule has 0 saturated heterocycles. The highest BCUT2D eigenvalue weighted by Gasteiger charge is 2.23. The quantitative estimate of drug-likeness (QED) is 0.108. The van der Waals surface area contributed by atoms with Crippen molar-refractivity contribution in [1.29, 1.82) is 0 Å². The number of esters is 1. The number of nitrogens with one attached hydrogen (secondary N) is 1. The Morgan fingerprint density at radius 3 is 1.59 bits per heavy atom. The van der Waals surface area contributed by atoms with Crippen molar-refractivity contribution >= 4 is 17.5 Å². The number of Topliss-reactive ketones (excluding diaryl/α,β-unsaturated/α-hetero) is 2. The SMILES string of the molecule is CCOC(=O)CN[C@@H](Cc1ccccc1)C(=O)Cc1cc(-c2ccncc2)nn1CC.CCn1nc(-c2ccncc2)cc1CC(=O)[C@@H](N)Cc1ccccc1. The highest BCUT2D eigenvalue weighted by molar-refractivity contribution is 5.87. The van der Waals surface area contributed by atoms with Crippen molar-refractivity contribution < 1.29 is 19.1 Å². The van der Waals surface area contributed by atoms with E-state index in [4.69, 9.17) is 10.5 Å². The Labute approximate surface area is 328 Å². The van der Waals surface area contributed by atoms with Gasteiger partial charge in [-0.25, -0.2) is 0 Å². The predicted octanol–water partition coefficient (Wildman–Crippen LogP) is 5.49. The molecule has 0 aliphatic rings. The van der Waals surface area contributed by atoms with Crippen molar-refractivity contribution in [2.24, 2.45) is 5.73 Å². The lowest BCUT2D eigenvalue weighted by Gasteiger charge is -2.18. The molecule has 0 saturated carbocycles. The second-order valence-electron chi connectivity index (χ2n) is 13.2. The number of hydrogen-bond donors (Lipinski definition) is 2. The number of carbonyl (C=O) groups is 3. The third-order valence-corrected chi connectivity index (χ3v) is 9.17. The van der Waals surface area contributed by atoms with E-state index in [1.807, 2.05) is 120 Å². The highest BCUT2D eigenvalue weighted by atomic mass is 16.5. The summed E-state index contributed by atoms with van der Waals surface area (Å²) in [6.07, 6.45) is 8.48. The van der Waals surface area contributed by atoms with Gasteiger partial charge >= 0.3 is 5.97 Å². The summed E-state index contributed by atoms with van der Waals surface area (Å²) < 4.78 is 8.71. The zero-order chi connectivity index (χ0) is 39.7. The van der Waals surface area contributed by atoms with E-state index in [1.54, 1.807) is 31.7 Å². The van der Waals surface area contributed by atoms with Crippen LogP contribution in [0.25, 0.3) is 22.5 Å². The Balaban J connectivity index is 0.000000219. The van der Waals surface area contributed by atoms with Crippen LogP contribution in [0.4, 0.5) is 0 Å². The topological polar surface area (TPSA) is 160 Å². The predicted molar refractivity (Wildman–Crippen MR) is 216 cm³/mol. The molecule has 4 aromatic heterocycles. The molecule has 0 radical (unpaired) electrons. The summed E-state index contributed by atoms with van der Waals surface area (Å²) in [6.45, 7) is 7.45. The number of pyridine rings is 2. The van der Waals surface area contributed by atoms with Gasteiger partial charge in [-0.1, -0.05) is 60.7 Å². The van der Waals surface area contributed by atoms with Crippen molar-refractivity contribution in [3.63, 3.8) is 0 Å². The fourth-order valence-electron chi connectivity index (χ4n) is 6.23. The molecule has 0 unspecified atom stereocenters. The summed E-state index contributed by atoms with van der Waals surface area (Å²) in [5, 5.41) is 12.3. The van der Waals surface area contributed by atoms with Crippen LogP contribution < -0.4 is 11.1 Å². The smallest absolute Gasteiger partial charge is 0.319 e. The van der Waals surface area contributed by atoms with Gasteiger partial charge in [0.2, 0.25) is 0 Å². The molecule has 12 nitrogen and oxygen atoms in total. The van der Waals surface area contributed by atoms with Crippen molar-refractivity contribution in [1.82, 2.24) is 34.8 Å². The van der Waals surface area contributed by atoms with Gasteiger partial charge in [-0.15, -0.1) is 0 Å². The maximum Gasteiger partial charge on any atom is 0.319 e. The maximum atomic E-state index is 13.2. The van der Waals surface area contributed by atoms with Crippen LogP contribution in [-0.2, 0) is 57.9 Å². The Kier molecular flexibility index (Phi) is 15.5. The second-order valence-corrected chi connectivity index (χ2v) is 13.2. The number of hydrogen-bond acceptors (Lipinski definition) is 10. The van der Waals surface area contributed by atoms with Crippen LogP contribution in [0.2, 0.25) is 0 Å². The first kappa shape index (κ1) is 41.1. The number of ketones is 2. The first-order valence-corrected chi connectivity index (χ1v) is 19.0. The molecule has 290 valence electrons. The average Bonchev–Trinajstić information content (AvgIpc) is 3.84. The monoisotopic (exact) mass is 754 g/mol. The number of aromatic nitrogens is 6. The maximum absolute atomic E-state index is 13.2. The standard InChI is InChI=1S/C24H28N4O3.C20H22N4O/c1-3-28-20(15-21(27-28)19-10-12-25-13-11-19)16-23(29)22(26-17-24(30)31-4-2)14-18-8-6-5-7-9-18;1-2-24-17(13-19(23-24)16-8-10-22-11-9-16)14-20(25)18(21)12-15-6-4-3-5-7-15/h5-13,15,22,26H,3-4,14,16-17H2,1-2H3;3-11,13,18H,2,12,14,21H2,1H3/t22-;18-/m00/s1. The van der Waals surface area contributed by atoms with E-state index in [1.165, 1.54) is 0 Å². The minimum absolute atomic E-state index is 0.00373. The minimum atomic E-state index is -0.507. The van der Waals surface area contributed by atoms with Crippen LogP contribution in [0.15, 0.2) is 122 Å². The van der Waals surface area contributed by atoms with E-state index in [2.05, 4.69) is 25.5 Å². The molecule has 56 heavy (non-hydrogen) atoms. The molecule has 0 fully saturated rings. The third kappa shape index (κ3) is 11.9. The molecule has 0 aliphatic heterocycles. The summed E-state index contributed by atoms with van der Waals surface area (Å²) >= 11 is 0. The summed E-state index contributed by atoms with van der Waals surface area (Å²) in [4.78, 5) is 45.7. The third-order valence-electron chi connectivity index (χ3n) is 9.17. The van der Waals surface area contributed by atoms with Crippen LogP contribution in [-0.4, -0.2) is 72.3 Å². The number of rotatable bonds is 18. The van der Waals surface area contributed by atoms with Gasteiger partial charge in [0, 0.05) is 60.4 Å². The molecule has 6 rings (SSSR count). The second kappa shape index (κ2) is 21.1. The average molecular weight is 755 g/mol. The summed E-state index contributed by atoms with van der Waals surface area (Å²) in [7, 11) is 0. The van der Waals surface area contributed by atoms with Gasteiger partial charge in [0.1, 0.15) is 0 Å². The van der Waals surface area contributed by atoms with Crippen molar-refractivity contribution in [2.75, 3.05) is 13.2 Å². The molecule has 12 heteroatoms. The van der Waals surface area contributed by atoms with E-state index < -0.39 is 12.1 Å². The lowest BCUT2D eigenvalue weighted by molar-refractivity contribution is -0.142. The zero-order valence-corrected chi connectivity index (χ0v) is 32.3. The fraction of sp³-hybridized carbons (Fsp3) is 0.295. The van der Waals surface area contributed by atoms with E-state index >= 15 is 0 Å². The summed E-state index contributed by atoms with van der Waals surface area (Å²) in [5.41, 5.74) is 13.6. The molecule has 0 bridgehead atoms. The number of nitrogens with two attached hydrogens (primary N) is 1. The molecule has 0 aliphatic carbocycles. The molecular weight excluding hydrogens is 705 g/mol. The number of carbonyl (C=O) groups excluding carboxylic acids is 3. The van der Waals surface area contributed by atoms with Crippen LogP contribution in [0.5, 0.6) is 0 Å². The van der Waals surface area contributed by atoms with Crippen LogP contribution in [0.1, 0.15) is 43.3 Å². The van der Waals surface area contributed by atoms with E-state index in [-0.39, 0.29) is 30.5 Å². The lowest BCUT2D eigenvalue weighted by Crippen LogP contribution is -2.42. The van der Waals surface area contributed by atoms with Gasteiger partial charge in [-0.05, 0) is 81.1 Å². The Morgan fingerprint density at radius 2 is 1.12 bits per heavy atom. The van der Waals surface area contributed by atoms with E-state index in [9.17, 15) is 14.4 Å². The fourth-order valence-corrected chi connectivity index (χ4v) is 6.23. The Bertz CT molecular complexity index is 2120. The zero-order valence-electron chi connectivity index (χ0n) is 32.3. The molecule has 3 N–H and O–H groups in total. The minimum Gasteiger partial charge on any atom is -0.465 e. The first-order chi connectivity index (χ1) is 27.3. The van der Waals surface area contributed by atoms with Gasteiger partial charge in [-0.3, -0.25) is 39.0 Å². The Hall–Kier alpha value is -6.11.